The lowest BCUT2D eigenvalue weighted by Gasteiger charge is -2.41. The standard InChI is InChI=1S/C10H20N2O2/c1-3-10(2,9(13)14)12-6-4-8(11)5-7-12/h8H,3-7,11H2,1-2H3,(H,13,14). The summed E-state index contributed by atoms with van der Waals surface area (Å²) in [6, 6.07) is 0.251. The topological polar surface area (TPSA) is 66.6 Å². The summed E-state index contributed by atoms with van der Waals surface area (Å²) < 4.78 is 0. The Balaban J connectivity index is 2.66. The van der Waals surface area contributed by atoms with Gasteiger partial charge in [0.15, 0.2) is 0 Å². The summed E-state index contributed by atoms with van der Waals surface area (Å²) in [5.41, 5.74) is 5.08. The summed E-state index contributed by atoms with van der Waals surface area (Å²) in [7, 11) is 0. The van der Waals surface area contributed by atoms with Crippen LogP contribution in [0.2, 0.25) is 0 Å². The first kappa shape index (κ1) is 11.5. The molecule has 0 aromatic carbocycles. The van der Waals surface area contributed by atoms with Gasteiger partial charge in [0.05, 0.1) is 0 Å². The molecular weight excluding hydrogens is 180 g/mol. The predicted octanol–water partition coefficient (Wildman–Crippen LogP) is 0.663. The average Bonchev–Trinajstić information content (AvgIpc) is 2.17. The van der Waals surface area contributed by atoms with Crippen molar-refractivity contribution in [2.45, 2.75) is 44.7 Å². The van der Waals surface area contributed by atoms with E-state index in [0.29, 0.717) is 6.42 Å². The van der Waals surface area contributed by atoms with Crippen molar-refractivity contribution >= 4 is 5.97 Å². The lowest BCUT2D eigenvalue weighted by molar-refractivity contribution is -0.151. The van der Waals surface area contributed by atoms with Crippen molar-refractivity contribution in [3.63, 3.8) is 0 Å². The largest absolute Gasteiger partial charge is 0.480 e. The van der Waals surface area contributed by atoms with Gasteiger partial charge in [-0.15, -0.1) is 0 Å². The van der Waals surface area contributed by atoms with Crippen molar-refractivity contribution in [3.8, 4) is 0 Å². The molecule has 1 atom stereocenters. The van der Waals surface area contributed by atoms with Crippen LogP contribution < -0.4 is 5.73 Å². The highest BCUT2D eigenvalue weighted by Crippen LogP contribution is 2.23. The summed E-state index contributed by atoms with van der Waals surface area (Å²) in [6.45, 7) is 5.32. The van der Waals surface area contributed by atoms with Gasteiger partial charge in [0.1, 0.15) is 5.54 Å². The summed E-state index contributed by atoms with van der Waals surface area (Å²) >= 11 is 0. The Morgan fingerprint density at radius 2 is 2.07 bits per heavy atom. The highest BCUT2D eigenvalue weighted by atomic mass is 16.4. The van der Waals surface area contributed by atoms with Crippen molar-refractivity contribution in [1.82, 2.24) is 4.90 Å². The third-order valence-corrected chi connectivity index (χ3v) is 3.39. The van der Waals surface area contributed by atoms with Gasteiger partial charge >= 0.3 is 5.97 Å². The molecule has 0 aromatic heterocycles. The SMILES string of the molecule is CCC(C)(C(=O)O)N1CCC(N)CC1. The fraction of sp³-hybridized carbons (Fsp3) is 0.900. The van der Waals surface area contributed by atoms with E-state index in [9.17, 15) is 9.90 Å². The van der Waals surface area contributed by atoms with E-state index in [4.69, 9.17) is 5.73 Å². The molecule has 1 heterocycles. The number of carboxylic acids is 1. The smallest absolute Gasteiger partial charge is 0.323 e. The minimum atomic E-state index is -0.726. The van der Waals surface area contributed by atoms with E-state index in [1.165, 1.54) is 0 Å². The zero-order valence-electron chi connectivity index (χ0n) is 8.99. The van der Waals surface area contributed by atoms with Gasteiger partial charge in [-0.05, 0) is 26.2 Å². The molecule has 0 saturated carbocycles. The summed E-state index contributed by atoms with van der Waals surface area (Å²) in [5, 5.41) is 9.18. The van der Waals surface area contributed by atoms with E-state index in [-0.39, 0.29) is 6.04 Å². The molecule has 4 heteroatoms. The number of hydrogen-bond donors (Lipinski definition) is 2. The summed E-state index contributed by atoms with van der Waals surface area (Å²) in [5.74, 6) is -0.726. The zero-order chi connectivity index (χ0) is 10.8. The fourth-order valence-corrected chi connectivity index (χ4v) is 1.90. The molecule has 0 radical (unpaired) electrons. The van der Waals surface area contributed by atoms with Gasteiger partial charge in [0.25, 0.3) is 0 Å². The molecular formula is C10H20N2O2. The van der Waals surface area contributed by atoms with Gasteiger partial charge < -0.3 is 10.8 Å². The number of nitrogens with two attached hydrogens (primary N) is 1. The van der Waals surface area contributed by atoms with Crippen molar-refractivity contribution in [1.29, 1.82) is 0 Å². The lowest BCUT2D eigenvalue weighted by atomic mass is 9.92. The third kappa shape index (κ3) is 2.07. The number of hydrogen-bond acceptors (Lipinski definition) is 3. The predicted molar refractivity (Wildman–Crippen MR) is 55.1 cm³/mol. The first-order valence-corrected chi connectivity index (χ1v) is 5.24. The molecule has 0 amide bonds. The van der Waals surface area contributed by atoms with Crippen LogP contribution in [0.25, 0.3) is 0 Å². The van der Waals surface area contributed by atoms with Gasteiger partial charge in [-0.3, -0.25) is 9.69 Å². The van der Waals surface area contributed by atoms with Gasteiger partial charge in [-0.25, -0.2) is 0 Å². The van der Waals surface area contributed by atoms with Crippen LogP contribution in [0.4, 0.5) is 0 Å². The second-order valence-corrected chi connectivity index (χ2v) is 4.26. The van der Waals surface area contributed by atoms with Crippen LogP contribution >= 0.6 is 0 Å². The maximum atomic E-state index is 11.2. The van der Waals surface area contributed by atoms with Crippen molar-refractivity contribution in [2.24, 2.45) is 5.73 Å². The van der Waals surface area contributed by atoms with Crippen molar-refractivity contribution < 1.29 is 9.90 Å². The number of rotatable bonds is 3. The third-order valence-electron chi connectivity index (χ3n) is 3.39. The molecule has 1 rings (SSSR count). The zero-order valence-corrected chi connectivity index (χ0v) is 8.99. The molecule has 3 N–H and O–H groups in total. The average molecular weight is 200 g/mol. The molecule has 0 aromatic rings. The Kier molecular flexibility index (Phi) is 3.50. The molecule has 14 heavy (non-hydrogen) atoms. The molecule has 0 aliphatic carbocycles. The number of aliphatic carboxylic acids is 1. The number of piperidine rings is 1. The highest BCUT2D eigenvalue weighted by molar-refractivity contribution is 5.78. The lowest BCUT2D eigenvalue weighted by Crippen LogP contribution is -2.56. The van der Waals surface area contributed by atoms with Crippen LogP contribution in [0.15, 0.2) is 0 Å². The van der Waals surface area contributed by atoms with Crippen molar-refractivity contribution in [2.75, 3.05) is 13.1 Å². The molecule has 1 aliphatic heterocycles. The first-order chi connectivity index (χ1) is 6.50. The fourth-order valence-electron chi connectivity index (χ4n) is 1.90. The second-order valence-electron chi connectivity index (χ2n) is 4.26. The van der Waals surface area contributed by atoms with E-state index < -0.39 is 11.5 Å². The number of nitrogens with zero attached hydrogens (tertiary/aromatic N) is 1. The normalized spacial score (nSPS) is 24.5. The van der Waals surface area contributed by atoms with Crippen molar-refractivity contribution in [3.05, 3.63) is 0 Å². The molecule has 0 spiro atoms. The van der Waals surface area contributed by atoms with Gasteiger partial charge in [-0.2, -0.15) is 0 Å². The molecule has 1 fully saturated rings. The summed E-state index contributed by atoms with van der Waals surface area (Å²) in [4.78, 5) is 13.2. The van der Waals surface area contributed by atoms with Crippen LogP contribution in [0, 0.1) is 0 Å². The maximum absolute atomic E-state index is 11.2. The number of carbonyl (C=O) groups is 1. The monoisotopic (exact) mass is 200 g/mol. The molecule has 4 nitrogen and oxygen atoms in total. The van der Waals surface area contributed by atoms with Crippen LogP contribution in [-0.4, -0.2) is 40.6 Å². The van der Waals surface area contributed by atoms with E-state index in [0.717, 1.165) is 25.9 Å². The van der Waals surface area contributed by atoms with Gasteiger partial charge in [0, 0.05) is 19.1 Å². The summed E-state index contributed by atoms with van der Waals surface area (Å²) in [6.07, 6.45) is 2.45. The molecule has 1 unspecified atom stereocenters. The van der Waals surface area contributed by atoms with Crippen LogP contribution in [0.5, 0.6) is 0 Å². The number of likely N-dealkylation sites (tertiary alicyclic amines) is 1. The Hall–Kier alpha value is -0.610. The quantitative estimate of drug-likeness (QED) is 0.702. The Morgan fingerprint density at radius 3 is 2.43 bits per heavy atom. The van der Waals surface area contributed by atoms with E-state index in [2.05, 4.69) is 0 Å². The van der Waals surface area contributed by atoms with Crippen LogP contribution in [0.1, 0.15) is 33.1 Å². The minimum absolute atomic E-state index is 0.251. The van der Waals surface area contributed by atoms with Crippen LogP contribution in [0.3, 0.4) is 0 Å². The number of carboxylic acid groups (broad SMARTS) is 1. The highest BCUT2D eigenvalue weighted by Gasteiger charge is 2.38. The van der Waals surface area contributed by atoms with E-state index >= 15 is 0 Å². The van der Waals surface area contributed by atoms with Gasteiger partial charge in [0.2, 0.25) is 0 Å². The maximum Gasteiger partial charge on any atom is 0.323 e. The van der Waals surface area contributed by atoms with E-state index in [1.807, 2.05) is 11.8 Å². The van der Waals surface area contributed by atoms with Crippen LogP contribution in [-0.2, 0) is 4.79 Å². The molecule has 82 valence electrons. The first-order valence-electron chi connectivity index (χ1n) is 5.24. The second kappa shape index (κ2) is 4.28. The molecule has 1 aliphatic rings. The molecule has 0 bridgehead atoms. The van der Waals surface area contributed by atoms with E-state index in [1.54, 1.807) is 6.92 Å². The Bertz CT molecular complexity index is 212. The minimum Gasteiger partial charge on any atom is -0.480 e. The molecule has 1 saturated heterocycles. The Labute approximate surface area is 85.1 Å². The van der Waals surface area contributed by atoms with Gasteiger partial charge in [-0.1, -0.05) is 6.92 Å². The Morgan fingerprint density at radius 1 is 1.57 bits per heavy atom.